The molecule has 0 saturated heterocycles. The Morgan fingerprint density at radius 1 is 0.941 bits per heavy atom. The van der Waals surface area contributed by atoms with Gasteiger partial charge in [-0.1, -0.05) is 74.2 Å². The molecular weight excluding hydrogens is 496 g/mol. The highest BCUT2D eigenvalue weighted by Crippen LogP contribution is 2.23. The topological polar surface area (TPSA) is 77.0 Å². The Morgan fingerprint density at radius 2 is 1.59 bits per heavy atom. The number of benzene rings is 2. The van der Waals surface area contributed by atoms with Crippen LogP contribution in [0.4, 0.5) is 0 Å². The second-order valence-electron chi connectivity index (χ2n) is 8.17. The first kappa shape index (κ1) is 27.6. The summed E-state index contributed by atoms with van der Waals surface area (Å²) >= 11 is 3.41. The fourth-order valence-electron chi connectivity index (χ4n) is 3.42. The predicted octanol–water partition coefficient (Wildman–Crippen LogP) is 7.05. The van der Waals surface area contributed by atoms with Gasteiger partial charge in [-0.05, 0) is 48.9 Å². The summed E-state index contributed by atoms with van der Waals surface area (Å²) in [7, 11) is 1.57. The number of nitrogens with zero attached hydrogens (tertiary/aromatic N) is 1. The minimum Gasteiger partial charge on any atom is -0.497 e. The fourth-order valence-corrected chi connectivity index (χ4v) is 3.80. The van der Waals surface area contributed by atoms with Crippen molar-refractivity contribution < 1.29 is 19.1 Å². The van der Waals surface area contributed by atoms with Crippen LogP contribution in [0.1, 0.15) is 87.1 Å². The number of hydrogen-bond acceptors (Lipinski definition) is 5. The van der Waals surface area contributed by atoms with E-state index >= 15 is 0 Å². The highest BCUT2D eigenvalue weighted by atomic mass is 79.9. The van der Waals surface area contributed by atoms with Crippen molar-refractivity contribution in [1.29, 1.82) is 0 Å². The number of ether oxygens (including phenoxy) is 2. The average Bonchev–Trinajstić information content (AvgIpc) is 2.84. The maximum Gasteiger partial charge on any atom is 0.343 e. The monoisotopic (exact) mass is 530 g/mol. The molecule has 0 radical (unpaired) electrons. The summed E-state index contributed by atoms with van der Waals surface area (Å²) in [4.78, 5) is 24.6. The number of hydrazone groups is 1. The molecular formula is C27H35BrN2O4. The molecule has 0 aliphatic heterocycles. The molecule has 0 heterocycles. The molecule has 0 aliphatic carbocycles. The number of methoxy groups -OCH3 is 1. The van der Waals surface area contributed by atoms with E-state index in [1.165, 1.54) is 51.2 Å². The van der Waals surface area contributed by atoms with E-state index in [4.69, 9.17) is 9.47 Å². The molecule has 184 valence electrons. The number of carbonyl (C=O) groups excluding carboxylic acids is 2. The molecule has 0 saturated carbocycles. The molecule has 2 rings (SSSR count). The van der Waals surface area contributed by atoms with E-state index in [1.54, 1.807) is 49.6 Å². The highest BCUT2D eigenvalue weighted by molar-refractivity contribution is 9.10. The zero-order valence-corrected chi connectivity index (χ0v) is 21.7. The molecule has 34 heavy (non-hydrogen) atoms. The summed E-state index contributed by atoms with van der Waals surface area (Å²) in [6.45, 7) is 2.23. The molecule has 0 atom stereocenters. The minimum atomic E-state index is -0.492. The Hall–Kier alpha value is -2.67. The number of unbranched alkanes of at least 4 members (excludes halogenated alkanes) is 8. The summed E-state index contributed by atoms with van der Waals surface area (Å²) in [6, 6.07) is 11.9. The third-order valence-corrected chi connectivity index (χ3v) is 5.89. The van der Waals surface area contributed by atoms with Gasteiger partial charge >= 0.3 is 5.97 Å². The first-order valence-corrected chi connectivity index (χ1v) is 12.8. The van der Waals surface area contributed by atoms with E-state index in [2.05, 4.69) is 33.4 Å². The number of carbonyl (C=O) groups is 2. The first-order valence-electron chi connectivity index (χ1n) is 12.0. The standard InChI is InChI=1S/C27H35BrN2O4/c1-3-4-5-6-7-8-9-10-11-12-26(31)30-29-20-22-19-23(28)15-18-25(22)34-27(32)21-13-16-24(33-2)17-14-21/h13-20H,3-12H2,1-2H3,(H,30,31). The van der Waals surface area contributed by atoms with Gasteiger partial charge in [0.15, 0.2) is 0 Å². The number of rotatable bonds is 15. The molecule has 7 heteroatoms. The second-order valence-corrected chi connectivity index (χ2v) is 9.09. The summed E-state index contributed by atoms with van der Waals surface area (Å²) in [5.41, 5.74) is 3.53. The Labute approximate surface area is 211 Å². The fraction of sp³-hybridized carbons (Fsp3) is 0.444. The van der Waals surface area contributed by atoms with Gasteiger partial charge in [-0.15, -0.1) is 0 Å². The lowest BCUT2D eigenvalue weighted by atomic mass is 10.1. The van der Waals surface area contributed by atoms with E-state index in [1.807, 2.05) is 0 Å². The Kier molecular flexibility index (Phi) is 13.0. The van der Waals surface area contributed by atoms with Gasteiger partial charge in [0.05, 0.1) is 18.9 Å². The third kappa shape index (κ3) is 10.5. The van der Waals surface area contributed by atoms with Gasteiger partial charge in [0.25, 0.3) is 0 Å². The molecule has 2 aromatic carbocycles. The van der Waals surface area contributed by atoms with Crippen LogP contribution < -0.4 is 14.9 Å². The van der Waals surface area contributed by atoms with E-state index < -0.39 is 5.97 Å². The van der Waals surface area contributed by atoms with Crippen LogP contribution in [0.2, 0.25) is 0 Å². The van der Waals surface area contributed by atoms with Crippen molar-refractivity contribution >= 4 is 34.0 Å². The van der Waals surface area contributed by atoms with Crippen molar-refractivity contribution in [3.05, 3.63) is 58.1 Å². The Morgan fingerprint density at radius 3 is 2.24 bits per heavy atom. The maximum atomic E-state index is 12.5. The van der Waals surface area contributed by atoms with Crippen LogP contribution in [0.25, 0.3) is 0 Å². The normalized spacial score (nSPS) is 10.9. The zero-order valence-electron chi connectivity index (χ0n) is 20.1. The van der Waals surface area contributed by atoms with Gasteiger partial charge in [0.1, 0.15) is 11.5 Å². The average molecular weight is 531 g/mol. The largest absolute Gasteiger partial charge is 0.497 e. The maximum absolute atomic E-state index is 12.5. The van der Waals surface area contributed by atoms with Crippen molar-refractivity contribution in [3.63, 3.8) is 0 Å². The molecule has 1 N–H and O–H groups in total. The van der Waals surface area contributed by atoms with Gasteiger partial charge in [0, 0.05) is 16.5 Å². The van der Waals surface area contributed by atoms with Crippen LogP contribution in [-0.4, -0.2) is 25.2 Å². The Bertz CT molecular complexity index is 929. The number of nitrogens with one attached hydrogen (secondary N) is 1. The summed E-state index contributed by atoms with van der Waals surface area (Å²) < 4.78 is 11.5. The van der Waals surface area contributed by atoms with E-state index in [0.29, 0.717) is 29.0 Å². The van der Waals surface area contributed by atoms with Crippen LogP contribution in [0.15, 0.2) is 52.0 Å². The molecule has 2 aromatic rings. The molecule has 0 aliphatic rings. The van der Waals surface area contributed by atoms with Crippen LogP contribution in [-0.2, 0) is 4.79 Å². The molecule has 0 unspecified atom stereocenters. The summed E-state index contributed by atoms with van der Waals surface area (Å²) in [5.74, 6) is 0.395. The predicted molar refractivity (Wildman–Crippen MR) is 140 cm³/mol. The Balaban J connectivity index is 1.78. The SMILES string of the molecule is CCCCCCCCCCCC(=O)NN=Cc1cc(Br)ccc1OC(=O)c1ccc(OC)cc1. The lowest BCUT2D eigenvalue weighted by Crippen LogP contribution is -2.17. The van der Waals surface area contributed by atoms with Crippen molar-refractivity contribution in [1.82, 2.24) is 5.43 Å². The summed E-state index contributed by atoms with van der Waals surface area (Å²) in [5, 5.41) is 4.05. The number of halogens is 1. The molecule has 0 fully saturated rings. The van der Waals surface area contributed by atoms with Crippen molar-refractivity contribution in [2.45, 2.75) is 71.1 Å². The lowest BCUT2D eigenvalue weighted by molar-refractivity contribution is -0.121. The van der Waals surface area contributed by atoms with E-state index in [-0.39, 0.29) is 5.91 Å². The number of hydrogen-bond donors (Lipinski definition) is 1. The molecule has 0 bridgehead atoms. The highest BCUT2D eigenvalue weighted by Gasteiger charge is 2.12. The van der Waals surface area contributed by atoms with E-state index in [0.717, 1.165) is 17.3 Å². The van der Waals surface area contributed by atoms with Crippen LogP contribution in [0.3, 0.4) is 0 Å². The van der Waals surface area contributed by atoms with Crippen LogP contribution >= 0.6 is 15.9 Å². The summed E-state index contributed by atoms with van der Waals surface area (Å²) in [6.07, 6.45) is 12.8. The number of amides is 1. The van der Waals surface area contributed by atoms with Crippen molar-refractivity contribution in [2.75, 3.05) is 7.11 Å². The van der Waals surface area contributed by atoms with Gasteiger partial charge in [-0.25, -0.2) is 10.2 Å². The quantitative estimate of drug-likeness (QED) is 0.0879. The smallest absolute Gasteiger partial charge is 0.343 e. The van der Waals surface area contributed by atoms with Gasteiger partial charge in [-0.3, -0.25) is 4.79 Å². The minimum absolute atomic E-state index is 0.119. The molecule has 0 aromatic heterocycles. The van der Waals surface area contributed by atoms with Crippen LogP contribution in [0.5, 0.6) is 11.5 Å². The van der Waals surface area contributed by atoms with Gasteiger partial charge in [0.2, 0.25) is 5.91 Å². The zero-order chi connectivity index (χ0) is 24.6. The first-order chi connectivity index (χ1) is 16.5. The van der Waals surface area contributed by atoms with E-state index in [9.17, 15) is 9.59 Å². The second kappa shape index (κ2) is 16.0. The molecule has 1 amide bonds. The lowest BCUT2D eigenvalue weighted by Gasteiger charge is -2.08. The van der Waals surface area contributed by atoms with Crippen LogP contribution in [0, 0.1) is 0 Å². The molecule has 0 spiro atoms. The third-order valence-electron chi connectivity index (χ3n) is 5.40. The van der Waals surface area contributed by atoms with Gasteiger partial charge in [-0.2, -0.15) is 5.10 Å². The molecule has 6 nitrogen and oxygen atoms in total. The van der Waals surface area contributed by atoms with Gasteiger partial charge < -0.3 is 9.47 Å². The number of esters is 1. The van der Waals surface area contributed by atoms with Crippen molar-refractivity contribution in [3.8, 4) is 11.5 Å². The van der Waals surface area contributed by atoms with Crippen molar-refractivity contribution in [2.24, 2.45) is 5.10 Å².